The van der Waals surface area contributed by atoms with Gasteiger partial charge in [-0.1, -0.05) is 0 Å². The number of benzene rings is 1. The summed E-state index contributed by atoms with van der Waals surface area (Å²) >= 11 is 0. The first-order valence-corrected chi connectivity index (χ1v) is 8.83. The minimum Gasteiger partial charge on any atom is -0.375 e. The van der Waals surface area contributed by atoms with E-state index in [0.29, 0.717) is 24.5 Å². The van der Waals surface area contributed by atoms with Crippen LogP contribution in [-0.4, -0.2) is 45.4 Å². The minimum absolute atomic E-state index is 0. The predicted molar refractivity (Wildman–Crippen MR) is 92.6 cm³/mol. The molecule has 0 saturated carbocycles. The molecule has 1 heterocycles. The number of rotatable bonds is 5. The van der Waals surface area contributed by atoms with Crippen LogP contribution in [0.4, 0.5) is 11.4 Å². The van der Waals surface area contributed by atoms with E-state index in [-0.39, 0.29) is 30.2 Å². The van der Waals surface area contributed by atoms with E-state index in [4.69, 9.17) is 4.74 Å². The summed E-state index contributed by atoms with van der Waals surface area (Å²) in [5, 5.41) is 5.90. The number of halogens is 1. The fraction of sp³-hybridized carbons (Fsp3) is 0.500. The van der Waals surface area contributed by atoms with Crippen molar-refractivity contribution in [1.29, 1.82) is 0 Å². The second kappa shape index (κ2) is 8.49. The van der Waals surface area contributed by atoms with Crippen LogP contribution < -0.4 is 15.4 Å². The van der Waals surface area contributed by atoms with E-state index < -0.39 is 16.1 Å². The van der Waals surface area contributed by atoms with Gasteiger partial charge < -0.3 is 15.4 Å². The number of morpholine rings is 1. The highest BCUT2D eigenvalue weighted by Gasteiger charge is 2.28. The maximum atomic E-state index is 12.2. The molecule has 2 atom stereocenters. The maximum absolute atomic E-state index is 12.2. The van der Waals surface area contributed by atoms with Gasteiger partial charge in [0.25, 0.3) is 0 Å². The van der Waals surface area contributed by atoms with Crippen molar-refractivity contribution in [1.82, 2.24) is 5.32 Å². The summed E-state index contributed by atoms with van der Waals surface area (Å²) in [4.78, 5) is 12.2. The lowest BCUT2D eigenvalue weighted by Gasteiger charge is -2.29. The Bertz CT molecular complexity index is 621. The summed E-state index contributed by atoms with van der Waals surface area (Å²) in [6.07, 6.45) is -0.190. The summed E-state index contributed by atoms with van der Waals surface area (Å²) < 4.78 is 30.8. The zero-order chi connectivity index (χ0) is 16.2. The van der Waals surface area contributed by atoms with Crippen LogP contribution in [0, 0.1) is 0 Å². The molecule has 1 aliphatic heterocycles. The normalized spacial score (nSPS) is 21.1. The zero-order valence-corrected chi connectivity index (χ0v) is 14.7. The van der Waals surface area contributed by atoms with Crippen LogP contribution in [0.5, 0.6) is 0 Å². The molecule has 0 unspecified atom stereocenters. The van der Waals surface area contributed by atoms with Crippen molar-refractivity contribution in [2.45, 2.75) is 26.0 Å². The third-order valence-corrected chi connectivity index (χ3v) is 4.71. The second-order valence-electron chi connectivity index (χ2n) is 5.08. The molecule has 1 aliphatic rings. The zero-order valence-electron chi connectivity index (χ0n) is 13.0. The van der Waals surface area contributed by atoms with E-state index in [9.17, 15) is 13.2 Å². The molecule has 7 nitrogen and oxygen atoms in total. The van der Waals surface area contributed by atoms with Crippen molar-refractivity contribution in [3.63, 3.8) is 0 Å². The third kappa shape index (κ3) is 5.65. The molecule has 1 aromatic rings. The first kappa shape index (κ1) is 19.7. The quantitative estimate of drug-likeness (QED) is 0.730. The van der Waals surface area contributed by atoms with Gasteiger partial charge in [-0.25, -0.2) is 8.42 Å². The van der Waals surface area contributed by atoms with Gasteiger partial charge in [0, 0.05) is 17.9 Å². The van der Waals surface area contributed by atoms with E-state index in [0.717, 1.165) is 0 Å². The van der Waals surface area contributed by atoms with Gasteiger partial charge in [0.2, 0.25) is 15.9 Å². The van der Waals surface area contributed by atoms with Crippen molar-refractivity contribution in [2.75, 3.05) is 28.9 Å². The van der Waals surface area contributed by atoms with Gasteiger partial charge in [0.15, 0.2) is 0 Å². The monoisotopic (exact) mass is 363 g/mol. The molecule has 1 fully saturated rings. The molecule has 1 aromatic carbocycles. The maximum Gasteiger partial charge on any atom is 0.244 e. The molecule has 0 radical (unpaired) electrons. The molecule has 0 aliphatic carbocycles. The largest absolute Gasteiger partial charge is 0.375 e. The summed E-state index contributed by atoms with van der Waals surface area (Å²) in [6.45, 7) is 4.65. The number of sulfonamides is 1. The van der Waals surface area contributed by atoms with Gasteiger partial charge >= 0.3 is 0 Å². The lowest BCUT2D eigenvalue weighted by Crippen LogP contribution is -2.53. The van der Waals surface area contributed by atoms with E-state index in [1.165, 1.54) is 0 Å². The number of nitrogens with one attached hydrogen (secondary N) is 3. The first-order chi connectivity index (χ1) is 10.4. The Labute approximate surface area is 142 Å². The summed E-state index contributed by atoms with van der Waals surface area (Å²) in [5.41, 5.74) is 1.07. The number of hydrogen-bond donors (Lipinski definition) is 3. The fourth-order valence-corrected chi connectivity index (χ4v) is 2.76. The van der Waals surface area contributed by atoms with E-state index in [1.807, 2.05) is 6.92 Å². The summed E-state index contributed by atoms with van der Waals surface area (Å²) in [6, 6.07) is 6.13. The van der Waals surface area contributed by atoms with Crippen LogP contribution in [0.15, 0.2) is 24.3 Å². The van der Waals surface area contributed by atoms with Crippen LogP contribution in [0.3, 0.4) is 0 Å². The number of carbonyl (C=O) groups is 1. The molecule has 130 valence electrons. The van der Waals surface area contributed by atoms with Crippen LogP contribution in [0.2, 0.25) is 0 Å². The molecule has 0 spiro atoms. The lowest BCUT2D eigenvalue weighted by molar-refractivity contribution is -0.123. The van der Waals surface area contributed by atoms with E-state index >= 15 is 0 Å². The summed E-state index contributed by atoms with van der Waals surface area (Å²) in [7, 11) is -3.30. The Morgan fingerprint density at radius 1 is 1.30 bits per heavy atom. The van der Waals surface area contributed by atoms with Gasteiger partial charge in [0.1, 0.15) is 6.04 Å². The Kier molecular flexibility index (Phi) is 7.27. The van der Waals surface area contributed by atoms with Crippen LogP contribution in [-0.2, 0) is 19.6 Å². The molecule has 0 bridgehead atoms. The molecule has 1 amide bonds. The average molecular weight is 364 g/mol. The predicted octanol–water partition coefficient (Wildman–Crippen LogP) is 1.19. The molecular formula is C14H22ClN3O4S. The number of hydrogen-bond acceptors (Lipinski definition) is 5. The van der Waals surface area contributed by atoms with Gasteiger partial charge in [-0.3, -0.25) is 9.52 Å². The van der Waals surface area contributed by atoms with Crippen molar-refractivity contribution >= 4 is 39.7 Å². The highest BCUT2D eigenvalue weighted by molar-refractivity contribution is 7.92. The lowest BCUT2D eigenvalue weighted by atomic mass is 10.1. The van der Waals surface area contributed by atoms with Crippen molar-refractivity contribution in [2.24, 2.45) is 0 Å². The molecular weight excluding hydrogens is 342 g/mol. The number of amides is 1. The van der Waals surface area contributed by atoms with Gasteiger partial charge in [-0.2, -0.15) is 0 Å². The van der Waals surface area contributed by atoms with Crippen molar-refractivity contribution < 1.29 is 17.9 Å². The third-order valence-electron chi connectivity index (χ3n) is 3.40. The van der Waals surface area contributed by atoms with E-state index in [1.54, 1.807) is 31.2 Å². The highest BCUT2D eigenvalue weighted by atomic mass is 35.5. The molecule has 23 heavy (non-hydrogen) atoms. The molecule has 9 heteroatoms. The van der Waals surface area contributed by atoms with Crippen LogP contribution in [0.25, 0.3) is 0 Å². The van der Waals surface area contributed by atoms with Gasteiger partial charge in [0.05, 0.1) is 18.5 Å². The van der Waals surface area contributed by atoms with Crippen molar-refractivity contribution in [3.05, 3.63) is 24.3 Å². The Hall–Kier alpha value is -1.35. The van der Waals surface area contributed by atoms with E-state index in [2.05, 4.69) is 15.4 Å². The standard InChI is InChI=1S/C14H21N3O4S.ClH/c1-3-22(19,20)17-12-6-4-11(5-7-12)16-14(18)13-10(2)21-9-8-15-13;/h4-7,10,13,15,17H,3,8-9H2,1-2H3,(H,16,18);1H/t10-,13+;/m1./s1. The Morgan fingerprint density at radius 2 is 1.91 bits per heavy atom. The molecule has 0 aromatic heterocycles. The smallest absolute Gasteiger partial charge is 0.244 e. The average Bonchev–Trinajstić information content (AvgIpc) is 2.49. The Balaban J connectivity index is 0.00000264. The highest BCUT2D eigenvalue weighted by Crippen LogP contribution is 2.16. The van der Waals surface area contributed by atoms with Crippen molar-refractivity contribution in [3.8, 4) is 0 Å². The minimum atomic E-state index is -3.30. The fourth-order valence-electron chi connectivity index (χ4n) is 2.12. The molecule has 3 N–H and O–H groups in total. The Morgan fingerprint density at radius 3 is 2.48 bits per heavy atom. The SMILES string of the molecule is CCS(=O)(=O)Nc1ccc(NC(=O)[C@H]2NCCO[C@@H]2C)cc1.Cl. The molecule has 2 rings (SSSR count). The topological polar surface area (TPSA) is 96.5 Å². The van der Waals surface area contributed by atoms with Crippen LogP contribution >= 0.6 is 12.4 Å². The number of carbonyl (C=O) groups excluding carboxylic acids is 1. The summed E-state index contributed by atoms with van der Waals surface area (Å²) in [5.74, 6) is -0.161. The van der Waals surface area contributed by atoms with Crippen LogP contribution in [0.1, 0.15) is 13.8 Å². The first-order valence-electron chi connectivity index (χ1n) is 7.17. The van der Waals surface area contributed by atoms with Gasteiger partial charge in [-0.05, 0) is 38.1 Å². The number of ether oxygens (including phenoxy) is 1. The van der Waals surface area contributed by atoms with Gasteiger partial charge in [-0.15, -0.1) is 12.4 Å². The second-order valence-corrected chi connectivity index (χ2v) is 7.09. The molecule has 1 saturated heterocycles. The number of anilines is 2.